The third kappa shape index (κ3) is 12.2. The number of carbonyl (C=O) groups is 3. The van der Waals surface area contributed by atoms with Crippen LogP contribution < -0.4 is 20.5 Å². The number of urea groups is 1. The first-order valence-electron chi connectivity index (χ1n) is 18.5. The lowest BCUT2D eigenvalue weighted by molar-refractivity contribution is -0.136. The topological polar surface area (TPSA) is 162 Å². The van der Waals surface area contributed by atoms with Crippen molar-refractivity contribution in [3.8, 4) is 23.6 Å². The quantitative estimate of drug-likeness (QED) is 0.154. The highest BCUT2D eigenvalue weighted by Crippen LogP contribution is 2.36. The van der Waals surface area contributed by atoms with Gasteiger partial charge in [0.1, 0.15) is 23.1 Å². The largest absolute Gasteiger partial charge is 0.483 e. The number of amides is 4. The average molecular weight is 876 g/mol. The van der Waals surface area contributed by atoms with Crippen molar-refractivity contribution in [3.05, 3.63) is 123 Å². The number of nitrogens with two attached hydrogens (primary N) is 1. The Bertz CT molecular complexity index is 2150. The molecular formula is C43H42BrClF2N6O5. The van der Waals surface area contributed by atoms with E-state index in [9.17, 15) is 33.7 Å². The molecule has 0 radical (unpaired) electrons. The van der Waals surface area contributed by atoms with E-state index in [0.29, 0.717) is 91.4 Å². The molecule has 0 atom stereocenters. The predicted molar refractivity (Wildman–Crippen MR) is 218 cm³/mol. The average Bonchev–Trinajstić information content (AvgIpc) is 3.22. The Kier molecular flexibility index (Phi) is 15.1. The van der Waals surface area contributed by atoms with Gasteiger partial charge >= 0.3 is 6.03 Å². The number of carbonyl (C=O) groups excluding carboxylic acids is 3. The summed E-state index contributed by atoms with van der Waals surface area (Å²) in [6.45, 7) is 1.63. The van der Waals surface area contributed by atoms with Gasteiger partial charge in [0.15, 0.2) is 13.2 Å². The molecule has 0 aromatic heterocycles. The SMILES string of the molecule is N#CC1(Cc2ccc(F)cc2)CCN(C(=O)COc2ccc(Cl)cc2Br)CC1.N#CC1(Cc2ccc(F)cc2)CCN(C(=O)COc2ccccc2NC(N)=O)CC1. The van der Waals surface area contributed by atoms with Crippen LogP contribution in [-0.2, 0) is 22.4 Å². The highest BCUT2D eigenvalue weighted by atomic mass is 79.9. The van der Waals surface area contributed by atoms with Crippen molar-refractivity contribution >= 4 is 51.1 Å². The number of nitrogens with one attached hydrogen (secondary N) is 1. The molecule has 58 heavy (non-hydrogen) atoms. The Morgan fingerprint density at radius 2 is 1.17 bits per heavy atom. The summed E-state index contributed by atoms with van der Waals surface area (Å²) in [5.74, 6) is -0.00516. The van der Waals surface area contributed by atoms with Gasteiger partial charge in [-0.2, -0.15) is 10.5 Å². The van der Waals surface area contributed by atoms with Crippen LogP contribution in [0.3, 0.4) is 0 Å². The third-order valence-corrected chi connectivity index (χ3v) is 11.1. The fourth-order valence-corrected chi connectivity index (χ4v) is 7.69. The van der Waals surface area contributed by atoms with Crippen molar-refractivity contribution in [3.63, 3.8) is 0 Å². The van der Waals surface area contributed by atoms with Crippen molar-refractivity contribution < 1.29 is 32.6 Å². The van der Waals surface area contributed by atoms with Crippen LogP contribution >= 0.6 is 27.5 Å². The number of benzene rings is 4. The molecule has 11 nitrogen and oxygen atoms in total. The van der Waals surface area contributed by atoms with E-state index in [2.05, 4.69) is 33.4 Å². The Balaban J connectivity index is 0.000000221. The number of nitriles is 2. The van der Waals surface area contributed by atoms with Gasteiger partial charge in [0, 0.05) is 31.2 Å². The summed E-state index contributed by atoms with van der Waals surface area (Å²) in [4.78, 5) is 39.5. The lowest BCUT2D eigenvalue weighted by Gasteiger charge is -2.37. The molecular weight excluding hydrogens is 834 g/mol. The first kappa shape index (κ1) is 43.4. The molecule has 2 fully saturated rings. The van der Waals surface area contributed by atoms with Crippen molar-refractivity contribution in [1.82, 2.24) is 9.80 Å². The second-order valence-corrected chi connectivity index (χ2v) is 15.6. The number of halogens is 4. The van der Waals surface area contributed by atoms with Gasteiger partial charge < -0.3 is 30.3 Å². The molecule has 2 aliphatic heterocycles. The number of primary amides is 1. The van der Waals surface area contributed by atoms with Crippen LogP contribution in [0.5, 0.6) is 11.5 Å². The molecule has 15 heteroatoms. The van der Waals surface area contributed by atoms with E-state index in [4.69, 9.17) is 26.8 Å². The zero-order valence-corrected chi connectivity index (χ0v) is 33.9. The number of piperidine rings is 2. The maximum absolute atomic E-state index is 13.1. The summed E-state index contributed by atoms with van der Waals surface area (Å²) in [6, 6.07) is 28.3. The summed E-state index contributed by atoms with van der Waals surface area (Å²) in [5.41, 5.74) is 6.25. The van der Waals surface area contributed by atoms with Crippen molar-refractivity contribution in [1.29, 1.82) is 10.5 Å². The second-order valence-electron chi connectivity index (χ2n) is 14.3. The molecule has 302 valence electrons. The van der Waals surface area contributed by atoms with E-state index in [1.165, 1.54) is 24.3 Å². The Morgan fingerprint density at radius 3 is 1.60 bits per heavy atom. The number of nitrogens with zero attached hydrogens (tertiary/aromatic N) is 4. The van der Waals surface area contributed by atoms with Gasteiger partial charge in [0.2, 0.25) is 0 Å². The maximum Gasteiger partial charge on any atom is 0.316 e. The lowest BCUT2D eigenvalue weighted by Crippen LogP contribution is -2.45. The van der Waals surface area contributed by atoms with Crippen LogP contribution in [0.1, 0.15) is 36.8 Å². The predicted octanol–water partition coefficient (Wildman–Crippen LogP) is 8.07. The monoisotopic (exact) mass is 874 g/mol. The van der Waals surface area contributed by atoms with E-state index < -0.39 is 16.9 Å². The van der Waals surface area contributed by atoms with Gasteiger partial charge in [-0.3, -0.25) is 9.59 Å². The molecule has 4 amide bonds. The molecule has 2 heterocycles. The van der Waals surface area contributed by atoms with Gasteiger partial charge in [-0.05, 0) is 120 Å². The van der Waals surface area contributed by atoms with E-state index >= 15 is 0 Å². The zero-order valence-electron chi connectivity index (χ0n) is 31.6. The first-order valence-corrected chi connectivity index (χ1v) is 19.7. The minimum absolute atomic E-state index is 0.0717. The van der Waals surface area contributed by atoms with Crippen LogP contribution in [0, 0.1) is 45.1 Å². The zero-order chi connectivity index (χ0) is 41.7. The molecule has 4 aromatic rings. The van der Waals surface area contributed by atoms with Crippen molar-refractivity contribution in [2.75, 3.05) is 44.7 Å². The molecule has 2 aliphatic rings. The van der Waals surface area contributed by atoms with Gasteiger partial charge in [0.25, 0.3) is 11.8 Å². The fourth-order valence-electron chi connectivity index (χ4n) is 6.89. The molecule has 0 bridgehead atoms. The third-order valence-electron chi connectivity index (χ3n) is 10.3. The summed E-state index contributed by atoms with van der Waals surface area (Å²) in [5, 5.41) is 22.5. The minimum atomic E-state index is -0.720. The van der Waals surface area contributed by atoms with Crippen LogP contribution in [0.25, 0.3) is 0 Å². The van der Waals surface area contributed by atoms with Gasteiger partial charge in [-0.25, -0.2) is 13.6 Å². The maximum atomic E-state index is 13.1. The van der Waals surface area contributed by atoms with Crippen LogP contribution in [0.4, 0.5) is 19.3 Å². The first-order chi connectivity index (χ1) is 27.8. The summed E-state index contributed by atoms with van der Waals surface area (Å²) >= 11 is 9.26. The van der Waals surface area contributed by atoms with E-state index in [0.717, 1.165) is 11.1 Å². The Morgan fingerprint density at radius 1 is 0.724 bits per heavy atom. The van der Waals surface area contributed by atoms with Gasteiger partial charge in [-0.1, -0.05) is 48.0 Å². The number of anilines is 1. The highest BCUT2D eigenvalue weighted by Gasteiger charge is 2.37. The van der Waals surface area contributed by atoms with Crippen molar-refractivity contribution in [2.45, 2.75) is 38.5 Å². The van der Waals surface area contributed by atoms with Gasteiger partial charge in [0.05, 0.1) is 33.1 Å². The molecule has 4 aromatic carbocycles. The normalized spacial score (nSPS) is 15.4. The van der Waals surface area contributed by atoms with E-state index in [1.807, 2.05) is 0 Å². The molecule has 0 saturated carbocycles. The number of hydrogen-bond acceptors (Lipinski definition) is 7. The second kappa shape index (κ2) is 20.1. The Labute approximate surface area is 349 Å². The molecule has 0 spiro atoms. The minimum Gasteiger partial charge on any atom is -0.483 e. The summed E-state index contributed by atoms with van der Waals surface area (Å²) in [6.07, 6.45) is 3.31. The summed E-state index contributed by atoms with van der Waals surface area (Å²) < 4.78 is 38.1. The van der Waals surface area contributed by atoms with Crippen molar-refractivity contribution in [2.24, 2.45) is 16.6 Å². The van der Waals surface area contributed by atoms with Crippen LogP contribution in [0.15, 0.2) is 95.5 Å². The van der Waals surface area contributed by atoms with Crippen LogP contribution in [0.2, 0.25) is 5.02 Å². The van der Waals surface area contributed by atoms with E-state index in [-0.39, 0.29) is 36.7 Å². The Hall–Kier alpha value is -5.70. The molecule has 0 unspecified atom stereocenters. The number of hydrogen-bond donors (Lipinski definition) is 2. The molecule has 3 N–H and O–H groups in total. The van der Waals surface area contributed by atoms with Gasteiger partial charge in [-0.15, -0.1) is 0 Å². The molecule has 2 saturated heterocycles. The molecule has 6 rings (SSSR count). The van der Waals surface area contributed by atoms with Crippen LogP contribution in [-0.4, -0.2) is 67.0 Å². The number of likely N-dealkylation sites (tertiary alicyclic amines) is 2. The number of para-hydroxylation sites is 2. The smallest absolute Gasteiger partial charge is 0.316 e. The number of ether oxygens (including phenoxy) is 2. The molecule has 0 aliphatic carbocycles. The number of rotatable bonds is 11. The standard InChI is InChI=1S/C22H23FN4O3.C21H19BrClFN2O2/c23-17-7-5-16(6-8-17)13-22(15-24)9-11-27(12-10-22)20(28)14-30-19-4-2-1-3-18(19)26-21(25)29;22-18-11-16(23)3-6-19(18)28-13-20(27)26-9-7-21(14-25,8-10-26)12-15-1-4-17(24)5-2-15/h1-8H,9-14H2,(H3,25,26,29);1-6,11H,7-10,12-13H2. The fraction of sp³-hybridized carbons (Fsp3) is 0.326. The summed E-state index contributed by atoms with van der Waals surface area (Å²) in [7, 11) is 0. The lowest BCUT2D eigenvalue weighted by atomic mass is 9.75. The highest BCUT2D eigenvalue weighted by molar-refractivity contribution is 9.10. The van der Waals surface area contributed by atoms with E-state index in [1.54, 1.807) is 76.5 Å².